The van der Waals surface area contributed by atoms with Crippen molar-refractivity contribution in [3.63, 3.8) is 0 Å². The maximum absolute atomic E-state index is 11.8. The van der Waals surface area contributed by atoms with Crippen LogP contribution in [0.2, 0.25) is 15.1 Å². The van der Waals surface area contributed by atoms with Crippen LogP contribution in [-0.4, -0.2) is 47.4 Å². The van der Waals surface area contributed by atoms with Crippen LogP contribution < -0.4 is 16.4 Å². The number of primary amides is 1. The summed E-state index contributed by atoms with van der Waals surface area (Å²) >= 11 is 19.0. The van der Waals surface area contributed by atoms with Crippen LogP contribution in [0.4, 0.5) is 17.5 Å². The number of nitrogens with one attached hydrogen (secondary N) is 2. The zero-order valence-electron chi connectivity index (χ0n) is 20.8. The largest absolute Gasteiger partial charge is 0.381 e. The predicted molar refractivity (Wildman–Crippen MR) is 150 cm³/mol. The van der Waals surface area contributed by atoms with E-state index in [9.17, 15) is 4.79 Å². The molecule has 1 aliphatic carbocycles. The van der Waals surface area contributed by atoms with Crippen LogP contribution in [-0.2, 0) is 9.53 Å². The molecule has 37 heavy (non-hydrogen) atoms. The van der Waals surface area contributed by atoms with Crippen LogP contribution in [0.15, 0.2) is 22.1 Å². The first-order chi connectivity index (χ1) is 17.8. The van der Waals surface area contributed by atoms with Crippen molar-refractivity contribution in [2.75, 3.05) is 18.5 Å². The van der Waals surface area contributed by atoms with Crippen molar-refractivity contribution in [2.45, 2.75) is 64.0 Å². The third-order valence-electron chi connectivity index (χ3n) is 6.91. The third kappa shape index (κ3) is 6.76. The number of aliphatic imine (C=N–C) groups is 2. The van der Waals surface area contributed by atoms with E-state index in [4.69, 9.17) is 55.2 Å². The summed E-state index contributed by atoms with van der Waals surface area (Å²) in [5.74, 6) is 1.22. The maximum atomic E-state index is 11.8. The van der Waals surface area contributed by atoms with Gasteiger partial charge in [0.2, 0.25) is 17.8 Å². The molecule has 1 aromatic carbocycles. The number of imidazole rings is 1. The van der Waals surface area contributed by atoms with Gasteiger partial charge in [0.25, 0.3) is 0 Å². The Hall–Kier alpha value is -2.33. The van der Waals surface area contributed by atoms with Crippen LogP contribution in [0.3, 0.4) is 0 Å². The number of carbonyl (C=O) groups excluding carboxylic acids is 1. The van der Waals surface area contributed by atoms with Crippen LogP contribution in [0, 0.1) is 12.8 Å². The summed E-state index contributed by atoms with van der Waals surface area (Å²) in [6.45, 7) is 7.08. The molecular weight excluding hydrogens is 537 g/mol. The van der Waals surface area contributed by atoms with E-state index in [0.29, 0.717) is 63.6 Å². The minimum Gasteiger partial charge on any atom is -0.381 e. The Kier molecular flexibility index (Phi) is 9.34. The second kappa shape index (κ2) is 12.5. The summed E-state index contributed by atoms with van der Waals surface area (Å²) in [5.41, 5.74) is 6.78. The van der Waals surface area contributed by atoms with Gasteiger partial charge >= 0.3 is 0 Å². The van der Waals surface area contributed by atoms with E-state index < -0.39 is 0 Å². The molecule has 1 aliphatic heterocycles. The number of hydrogen-bond donors (Lipinski definition) is 3. The first kappa shape index (κ1) is 27.7. The molecule has 2 aromatic rings. The van der Waals surface area contributed by atoms with Gasteiger partial charge in [0.1, 0.15) is 0 Å². The summed E-state index contributed by atoms with van der Waals surface area (Å²) in [7, 11) is 0. The lowest BCUT2D eigenvalue weighted by Gasteiger charge is -2.29. The molecule has 1 amide bonds. The maximum Gasteiger partial charge on any atom is 0.224 e. The van der Waals surface area contributed by atoms with Gasteiger partial charge in [0.05, 0.1) is 21.4 Å². The minimum atomic E-state index is -0.258. The Morgan fingerprint density at radius 1 is 1.14 bits per heavy atom. The van der Waals surface area contributed by atoms with Gasteiger partial charge in [-0.3, -0.25) is 9.36 Å². The molecule has 0 radical (unpaired) electrons. The lowest BCUT2D eigenvalue weighted by atomic mass is 9.85. The summed E-state index contributed by atoms with van der Waals surface area (Å²) in [5, 5.41) is 7.90. The van der Waals surface area contributed by atoms with Gasteiger partial charge in [-0.15, -0.1) is 0 Å². The lowest BCUT2D eigenvalue weighted by molar-refractivity contribution is -0.122. The highest BCUT2D eigenvalue weighted by Crippen LogP contribution is 2.41. The molecule has 9 nitrogen and oxygen atoms in total. The first-order valence-corrected chi connectivity index (χ1v) is 13.6. The van der Waals surface area contributed by atoms with Crippen molar-refractivity contribution in [1.82, 2.24) is 14.9 Å². The predicted octanol–water partition coefficient (Wildman–Crippen LogP) is 5.96. The van der Waals surface area contributed by atoms with Gasteiger partial charge in [0.15, 0.2) is 5.82 Å². The monoisotopic (exact) mass is 567 g/mol. The van der Waals surface area contributed by atoms with Gasteiger partial charge in [-0.2, -0.15) is 4.99 Å². The second-order valence-electron chi connectivity index (χ2n) is 9.47. The molecular formula is C25H32Cl3N7O2. The number of nitrogens with two attached hydrogens (primary N) is 1. The van der Waals surface area contributed by atoms with E-state index in [1.807, 2.05) is 11.5 Å². The number of carbonyl (C=O) groups is 1. The van der Waals surface area contributed by atoms with E-state index in [2.05, 4.69) is 22.3 Å². The molecule has 0 bridgehead atoms. The van der Waals surface area contributed by atoms with E-state index in [-0.39, 0.29) is 23.9 Å². The average Bonchev–Trinajstić information content (AvgIpc) is 3.00. The molecule has 1 saturated heterocycles. The number of amides is 1. The normalized spacial score (nSPS) is 22.8. The number of ether oxygens (including phenoxy) is 1. The number of halogens is 3. The molecule has 12 heteroatoms. The van der Waals surface area contributed by atoms with Gasteiger partial charge < -0.3 is 21.1 Å². The lowest BCUT2D eigenvalue weighted by Crippen LogP contribution is -2.34. The van der Waals surface area contributed by atoms with Crippen molar-refractivity contribution < 1.29 is 9.53 Å². The molecule has 4 N–H and O–H groups in total. The number of guanidine groups is 1. The molecule has 2 fully saturated rings. The number of hydrogen-bond acceptors (Lipinski definition) is 5. The summed E-state index contributed by atoms with van der Waals surface area (Å²) in [4.78, 5) is 25.6. The van der Waals surface area contributed by atoms with Gasteiger partial charge in [-0.05, 0) is 70.7 Å². The van der Waals surface area contributed by atoms with E-state index in [1.54, 1.807) is 12.1 Å². The number of aromatic nitrogens is 2. The Labute approximate surface area is 231 Å². The molecule has 200 valence electrons. The molecule has 1 atom stereocenters. The van der Waals surface area contributed by atoms with E-state index in [1.165, 1.54) is 0 Å². The number of anilines is 2. The van der Waals surface area contributed by atoms with Crippen molar-refractivity contribution in [3.8, 4) is 0 Å². The van der Waals surface area contributed by atoms with Crippen LogP contribution in [0.25, 0.3) is 0 Å². The molecule has 1 unspecified atom stereocenters. The Bertz CT molecular complexity index is 1140. The highest BCUT2D eigenvalue weighted by atomic mass is 35.5. The van der Waals surface area contributed by atoms with Crippen LogP contribution >= 0.6 is 34.8 Å². The topological polar surface area (TPSA) is 119 Å². The fourth-order valence-electron chi connectivity index (χ4n) is 4.94. The molecule has 1 saturated carbocycles. The van der Waals surface area contributed by atoms with E-state index in [0.717, 1.165) is 38.7 Å². The summed E-state index contributed by atoms with van der Waals surface area (Å²) in [6, 6.07) is 3.46. The number of benzene rings is 1. The SMILES string of the molecule is C=N/C(=N\c1c(C)nc(Nc2c(Cl)cc(Cl)cc2Cl)n1[C@H]1CC[C@@H](C(N)=O)CC1)NC1CCCOCC1. The molecule has 2 heterocycles. The highest BCUT2D eigenvalue weighted by Gasteiger charge is 2.30. The quantitative estimate of drug-likeness (QED) is 0.293. The van der Waals surface area contributed by atoms with Crippen molar-refractivity contribution in [2.24, 2.45) is 21.6 Å². The Morgan fingerprint density at radius 3 is 2.49 bits per heavy atom. The second-order valence-corrected chi connectivity index (χ2v) is 10.7. The van der Waals surface area contributed by atoms with Crippen LogP contribution in [0.1, 0.15) is 56.7 Å². The Balaban J connectivity index is 1.71. The zero-order chi connectivity index (χ0) is 26.5. The fourth-order valence-corrected chi connectivity index (χ4v) is 5.85. The zero-order valence-corrected chi connectivity index (χ0v) is 23.0. The van der Waals surface area contributed by atoms with E-state index >= 15 is 0 Å². The first-order valence-electron chi connectivity index (χ1n) is 12.5. The number of nitrogens with zero attached hydrogens (tertiary/aromatic N) is 4. The fraction of sp³-hybridized carbons (Fsp3) is 0.520. The van der Waals surface area contributed by atoms with Crippen molar-refractivity contribution in [3.05, 3.63) is 32.9 Å². The third-order valence-corrected chi connectivity index (χ3v) is 7.72. The number of aryl methyl sites for hydroxylation is 1. The standard InChI is InChI=1S/C25H32Cl3N7O2/c1-14-23(34-24(30-2)32-17-4-3-10-37-11-9-17)35(18-7-5-15(6-8-18)22(29)36)25(31-14)33-21-19(27)12-16(26)13-20(21)28/h12-13,15,17-18H,2-11H2,1H3,(H2,29,36)(H,31,33)(H,32,34)/t15-,17?,18+. The summed E-state index contributed by atoms with van der Waals surface area (Å²) in [6.07, 6.45) is 5.66. The van der Waals surface area contributed by atoms with Gasteiger partial charge in [-0.25, -0.2) is 9.98 Å². The Morgan fingerprint density at radius 2 is 1.84 bits per heavy atom. The van der Waals surface area contributed by atoms with Crippen LogP contribution in [0.5, 0.6) is 0 Å². The van der Waals surface area contributed by atoms with Crippen molar-refractivity contribution >= 4 is 70.8 Å². The number of rotatable bonds is 6. The minimum absolute atomic E-state index is 0.0280. The van der Waals surface area contributed by atoms with Gasteiger partial charge in [-0.1, -0.05) is 34.8 Å². The average molecular weight is 569 g/mol. The molecule has 1 aromatic heterocycles. The van der Waals surface area contributed by atoms with Gasteiger partial charge in [0, 0.05) is 36.2 Å². The smallest absolute Gasteiger partial charge is 0.224 e. The van der Waals surface area contributed by atoms with Crippen molar-refractivity contribution in [1.29, 1.82) is 0 Å². The molecule has 0 spiro atoms. The highest BCUT2D eigenvalue weighted by molar-refractivity contribution is 6.41. The molecule has 4 rings (SSSR count). The molecule has 2 aliphatic rings. The summed E-state index contributed by atoms with van der Waals surface area (Å²) < 4.78 is 7.62.